The van der Waals surface area contributed by atoms with E-state index in [0.29, 0.717) is 11.5 Å². The lowest BCUT2D eigenvalue weighted by Gasteiger charge is -2.09. The van der Waals surface area contributed by atoms with Crippen LogP contribution in [-0.2, 0) is 14.3 Å². The van der Waals surface area contributed by atoms with Crippen molar-refractivity contribution in [3.05, 3.63) is 23.8 Å². The number of likely N-dealkylation sites (N-methyl/N-ethyl adjacent to an activating group) is 1. The molecule has 0 saturated carbocycles. The van der Waals surface area contributed by atoms with Crippen LogP contribution in [0, 0.1) is 0 Å². The number of carbonyl (C=O) groups excluding carboxylic acids is 3. The van der Waals surface area contributed by atoms with Gasteiger partial charge in [0, 0.05) is 13.1 Å². The molecule has 1 aromatic rings. The Morgan fingerprint density at radius 2 is 1.59 bits per heavy atom. The highest BCUT2D eigenvalue weighted by atomic mass is 16.5. The second kappa shape index (κ2) is 8.50. The van der Waals surface area contributed by atoms with Gasteiger partial charge in [-0.05, 0) is 12.1 Å². The Balaban J connectivity index is 2.58. The van der Waals surface area contributed by atoms with Gasteiger partial charge >= 0.3 is 5.97 Å². The van der Waals surface area contributed by atoms with Gasteiger partial charge in [0.2, 0.25) is 5.91 Å². The maximum atomic E-state index is 11.9. The first-order valence-electron chi connectivity index (χ1n) is 6.37. The lowest BCUT2D eigenvalue weighted by molar-refractivity contribution is -0.127. The third kappa shape index (κ3) is 5.31. The standard InChI is InChI=1S/C14H18N2O6/c1-15-12(17)7-16-13(18)8-22-14(19)9-4-10(20-2)6-11(5-9)21-3/h4-6H,7-8H2,1-3H3,(H,15,17)(H,16,18). The average Bonchev–Trinajstić information content (AvgIpc) is 2.56. The van der Waals surface area contributed by atoms with Crippen molar-refractivity contribution < 1.29 is 28.6 Å². The topological polar surface area (TPSA) is 103 Å². The molecule has 1 rings (SSSR count). The average molecular weight is 310 g/mol. The van der Waals surface area contributed by atoms with E-state index in [0.717, 1.165) is 0 Å². The largest absolute Gasteiger partial charge is 0.497 e. The van der Waals surface area contributed by atoms with E-state index in [1.54, 1.807) is 6.07 Å². The third-order valence-electron chi connectivity index (χ3n) is 2.65. The minimum absolute atomic E-state index is 0.181. The second-order valence-electron chi connectivity index (χ2n) is 4.13. The van der Waals surface area contributed by atoms with Crippen LogP contribution in [0.2, 0.25) is 0 Å². The van der Waals surface area contributed by atoms with E-state index in [9.17, 15) is 14.4 Å². The highest BCUT2D eigenvalue weighted by Gasteiger charge is 2.13. The second-order valence-corrected chi connectivity index (χ2v) is 4.13. The quantitative estimate of drug-likeness (QED) is 0.672. The summed E-state index contributed by atoms with van der Waals surface area (Å²) in [7, 11) is 4.36. The lowest BCUT2D eigenvalue weighted by Crippen LogP contribution is -2.37. The lowest BCUT2D eigenvalue weighted by atomic mass is 10.2. The predicted octanol–water partition coefficient (Wildman–Crippen LogP) is -0.277. The van der Waals surface area contributed by atoms with Crippen molar-refractivity contribution in [3.8, 4) is 11.5 Å². The fourth-order valence-corrected chi connectivity index (χ4v) is 1.46. The molecule has 120 valence electrons. The van der Waals surface area contributed by atoms with Gasteiger partial charge in [-0.3, -0.25) is 9.59 Å². The fourth-order valence-electron chi connectivity index (χ4n) is 1.46. The summed E-state index contributed by atoms with van der Waals surface area (Å²) in [4.78, 5) is 34.3. The van der Waals surface area contributed by atoms with Gasteiger partial charge < -0.3 is 24.8 Å². The molecule has 8 heteroatoms. The molecule has 0 heterocycles. The Morgan fingerprint density at radius 3 is 2.09 bits per heavy atom. The molecule has 0 spiro atoms. The highest BCUT2D eigenvalue weighted by molar-refractivity contribution is 5.92. The number of benzene rings is 1. The highest BCUT2D eigenvalue weighted by Crippen LogP contribution is 2.22. The van der Waals surface area contributed by atoms with Crippen LogP contribution >= 0.6 is 0 Å². The summed E-state index contributed by atoms with van der Waals surface area (Å²) in [6.07, 6.45) is 0. The van der Waals surface area contributed by atoms with Gasteiger partial charge in [0.1, 0.15) is 11.5 Å². The van der Waals surface area contributed by atoms with Crippen molar-refractivity contribution in [2.24, 2.45) is 0 Å². The van der Waals surface area contributed by atoms with Gasteiger partial charge in [-0.15, -0.1) is 0 Å². The summed E-state index contributed by atoms with van der Waals surface area (Å²) >= 11 is 0. The molecule has 0 radical (unpaired) electrons. The molecule has 8 nitrogen and oxygen atoms in total. The first kappa shape index (κ1) is 17.3. The van der Waals surface area contributed by atoms with Gasteiger partial charge in [0.15, 0.2) is 6.61 Å². The minimum Gasteiger partial charge on any atom is -0.497 e. The number of amides is 2. The maximum absolute atomic E-state index is 11.9. The van der Waals surface area contributed by atoms with Crippen LogP contribution in [0.15, 0.2) is 18.2 Å². The first-order valence-corrected chi connectivity index (χ1v) is 6.37. The van der Waals surface area contributed by atoms with Crippen molar-refractivity contribution in [3.63, 3.8) is 0 Å². The Morgan fingerprint density at radius 1 is 1.00 bits per heavy atom. The van der Waals surface area contributed by atoms with Crippen LogP contribution in [0.4, 0.5) is 0 Å². The van der Waals surface area contributed by atoms with Gasteiger partial charge in [-0.25, -0.2) is 4.79 Å². The summed E-state index contributed by atoms with van der Waals surface area (Å²) in [6.45, 7) is -0.671. The zero-order valence-corrected chi connectivity index (χ0v) is 12.6. The van der Waals surface area contributed by atoms with E-state index < -0.39 is 18.5 Å². The minimum atomic E-state index is -0.702. The number of esters is 1. The van der Waals surface area contributed by atoms with Crippen LogP contribution in [0.5, 0.6) is 11.5 Å². The van der Waals surface area contributed by atoms with Crippen molar-refractivity contribution in [2.75, 3.05) is 34.4 Å². The van der Waals surface area contributed by atoms with E-state index >= 15 is 0 Å². The van der Waals surface area contributed by atoms with Gasteiger partial charge in [0.05, 0.1) is 26.3 Å². The number of nitrogens with one attached hydrogen (secondary N) is 2. The van der Waals surface area contributed by atoms with Crippen molar-refractivity contribution >= 4 is 17.8 Å². The molecule has 0 unspecified atom stereocenters. The number of hydrogen-bond acceptors (Lipinski definition) is 6. The molecule has 0 aliphatic rings. The molecule has 2 N–H and O–H groups in total. The van der Waals surface area contributed by atoms with Gasteiger partial charge in [-0.2, -0.15) is 0 Å². The molecule has 2 amide bonds. The molecule has 0 aliphatic heterocycles. The van der Waals surface area contributed by atoms with E-state index in [1.165, 1.54) is 33.4 Å². The Kier molecular flexibility index (Phi) is 6.68. The smallest absolute Gasteiger partial charge is 0.338 e. The molecule has 0 aromatic heterocycles. The molecular weight excluding hydrogens is 292 g/mol. The molecule has 22 heavy (non-hydrogen) atoms. The molecule has 0 aliphatic carbocycles. The number of hydrogen-bond donors (Lipinski definition) is 2. The Labute approximate surface area is 127 Å². The molecule has 0 saturated heterocycles. The van der Waals surface area contributed by atoms with Crippen LogP contribution in [0.1, 0.15) is 10.4 Å². The summed E-state index contributed by atoms with van der Waals surface area (Å²) in [6, 6.07) is 4.54. The number of ether oxygens (including phenoxy) is 3. The third-order valence-corrected chi connectivity index (χ3v) is 2.65. The monoisotopic (exact) mass is 310 g/mol. The predicted molar refractivity (Wildman–Crippen MR) is 76.9 cm³/mol. The van der Waals surface area contributed by atoms with Crippen LogP contribution in [-0.4, -0.2) is 52.2 Å². The van der Waals surface area contributed by atoms with Crippen LogP contribution in [0.3, 0.4) is 0 Å². The van der Waals surface area contributed by atoms with Crippen LogP contribution in [0.25, 0.3) is 0 Å². The van der Waals surface area contributed by atoms with Crippen molar-refractivity contribution in [1.29, 1.82) is 0 Å². The fraction of sp³-hybridized carbons (Fsp3) is 0.357. The number of methoxy groups -OCH3 is 2. The maximum Gasteiger partial charge on any atom is 0.338 e. The summed E-state index contributed by atoms with van der Waals surface area (Å²) in [5.41, 5.74) is 0.190. The normalized spacial score (nSPS) is 9.59. The van der Waals surface area contributed by atoms with E-state index in [-0.39, 0.29) is 18.0 Å². The van der Waals surface area contributed by atoms with Crippen molar-refractivity contribution in [2.45, 2.75) is 0 Å². The van der Waals surface area contributed by atoms with Gasteiger partial charge in [-0.1, -0.05) is 0 Å². The number of carbonyl (C=O) groups is 3. The van der Waals surface area contributed by atoms with E-state index in [2.05, 4.69) is 10.6 Å². The Bertz CT molecular complexity index is 536. The molecule has 0 fully saturated rings. The van der Waals surface area contributed by atoms with Crippen LogP contribution < -0.4 is 20.1 Å². The summed E-state index contributed by atoms with van der Waals surface area (Å²) in [5, 5.41) is 4.65. The molecule has 0 bridgehead atoms. The van der Waals surface area contributed by atoms with Crippen molar-refractivity contribution in [1.82, 2.24) is 10.6 Å². The zero-order chi connectivity index (χ0) is 16.5. The zero-order valence-electron chi connectivity index (χ0n) is 12.6. The SMILES string of the molecule is CNC(=O)CNC(=O)COC(=O)c1cc(OC)cc(OC)c1. The first-order chi connectivity index (χ1) is 10.5. The molecule has 1 aromatic carbocycles. The van der Waals surface area contributed by atoms with E-state index in [1.807, 2.05) is 0 Å². The van der Waals surface area contributed by atoms with E-state index in [4.69, 9.17) is 14.2 Å². The summed E-state index contributed by atoms with van der Waals surface area (Å²) < 4.78 is 14.9. The Hall–Kier alpha value is -2.77. The van der Waals surface area contributed by atoms with Gasteiger partial charge in [0.25, 0.3) is 5.91 Å². The number of rotatable bonds is 7. The molecule has 0 atom stereocenters. The summed E-state index contributed by atoms with van der Waals surface area (Å²) in [5.74, 6) is -0.776. The molecular formula is C14H18N2O6.